The van der Waals surface area contributed by atoms with Gasteiger partial charge in [-0.05, 0) is 56.6 Å². The van der Waals surface area contributed by atoms with Crippen LogP contribution in [0.5, 0.6) is 0 Å². The Hall–Kier alpha value is -0.470. The van der Waals surface area contributed by atoms with Crippen molar-refractivity contribution in [2.24, 2.45) is 17.6 Å². The smallest absolute Gasteiger partial charge is 0.0249 e. The number of aryl methyl sites for hydroxylation is 2. The van der Waals surface area contributed by atoms with Crippen molar-refractivity contribution >= 4 is 11.8 Å². The Labute approximate surface area is 122 Å². The predicted octanol–water partition coefficient (Wildman–Crippen LogP) is 4.55. The van der Waals surface area contributed by atoms with E-state index in [0.717, 1.165) is 11.8 Å². The highest BCUT2D eigenvalue weighted by Crippen LogP contribution is 2.39. The van der Waals surface area contributed by atoms with Crippen LogP contribution in [0.3, 0.4) is 0 Å². The van der Waals surface area contributed by atoms with Crippen LogP contribution in [0.4, 0.5) is 0 Å². The molecule has 2 heteroatoms. The van der Waals surface area contributed by atoms with E-state index in [2.05, 4.69) is 45.9 Å². The molecule has 1 aliphatic carbocycles. The highest BCUT2D eigenvalue weighted by atomic mass is 32.2. The van der Waals surface area contributed by atoms with Gasteiger partial charge in [-0.3, -0.25) is 0 Å². The first kappa shape index (κ1) is 14.9. The number of hydrogen-bond acceptors (Lipinski definition) is 2. The molecule has 1 aromatic rings. The minimum absolute atomic E-state index is 0.361. The standard InChI is InChI=1S/C17H27NS/c1-11(2)14-7-8-15(18)17(10-14)19-16-9-12(3)5-6-13(16)4/h5-6,9,11,14-15,17H,7-8,10,18H2,1-4H3. The Morgan fingerprint density at radius 3 is 2.63 bits per heavy atom. The summed E-state index contributed by atoms with van der Waals surface area (Å²) in [6.07, 6.45) is 3.77. The maximum absolute atomic E-state index is 6.36. The third kappa shape index (κ3) is 3.76. The molecule has 0 aliphatic heterocycles. The van der Waals surface area contributed by atoms with Gasteiger partial charge in [-0.1, -0.05) is 31.5 Å². The maximum Gasteiger partial charge on any atom is 0.0249 e. The molecule has 0 bridgehead atoms. The zero-order valence-corrected chi connectivity index (χ0v) is 13.5. The number of rotatable bonds is 3. The fraction of sp³-hybridized carbons (Fsp3) is 0.647. The summed E-state index contributed by atoms with van der Waals surface area (Å²) in [6, 6.07) is 7.09. The normalized spacial score (nSPS) is 27.8. The van der Waals surface area contributed by atoms with Crippen molar-refractivity contribution in [1.82, 2.24) is 0 Å². The van der Waals surface area contributed by atoms with Gasteiger partial charge in [0.25, 0.3) is 0 Å². The van der Waals surface area contributed by atoms with Crippen molar-refractivity contribution in [2.75, 3.05) is 0 Å². The van der Waals surface area contributed by atoms with Gasteiger partial charge in [-0.15, -0.1) is 11.8 Å². The van der Waals surface area contributed by atoms with Gasteiger partial charge < -0.3 is 5.73 Å². The molecule has 0 radical (unpaired) electrons. The predicted molar refractivity (Wildman–Crippen MR) is 85.7 cm³/mol. The molecule has 1 fully saturated rings. The first-order chi connectivity index (χ1) is 8.97. The molecule has 1 aromatic carbocycles. The van der Waals surface area contributed by atoms with E-state index in [1.807, 2.05) is 11.8 Å². The van der Waals surface area contributed by atoms with E-state index in [4.69, 9.17) is 5.73 Å². The molecule has 0 heterocycles. The van der Waals surface area contributed by atoms with Crippen LogP contribution in [0, 0.1) is 25.7 Å². The third-order valence-corrected chi connectivity index (χ3v) is 5.99. The van der Waals surface area contributed by atoms with E-state index < -0.39 is 0 Å². The molecule has 1 saturated carbocycles. The van der Waals surface area contributed by atoms with Crippen molar-refractivity contribution in [3.8, 4) is 0 Å². The fourth-order valence-electron chi connectivity index (χ4n) is 2.92. The first-order valence-electron chi connectivity index (χ1n) is 7.47. The highest BCUT2D eigenvalue weighted by molar-refractivity contribution is 8.00. The summed E-state index contributed by atoms with van der Waals surface area (Å²) < 4.78 is 0. The molecule has 3 atom stereocenters. The van der Waals surface area contributed by atoms with Gasteiger partial charge in [-0.2, -0.15) is 0 Å². The average molecular weight is 277 g/mol. The minimum Gasteiger partial charge on any atom is -0.327 e. The first-order valence-corrected chi connectivity index (χ1v) is 8.35. The largest absolute Gasteiger partial charge is 0.327 e. The van der Waals surface area contributed by atoms with Crippen LogP contribution in [0.15, 0.2) is 23.1 Å². The van der Waals surface area contributed by atoms with Crippen LogP contribution < -0.4 is 5.73 Å². The van der Waals surface area contributed by atoms with Crippen molar-refractivity contribution in [3.05, 3.63) is 29.3 Å². The Morgan fingerprint density at radius 1 is 1.21 bits per heavy atom. The summed E-state index contributed by atoms with van der Waals surface area (Å²) in [5, 5.41) is 0.585. The summed E-state index contributed by atoms with van der Waals surface area (Å²) in [7, 11) is 0. The maximum atomic E-state index is 6.36. The lowest BCUT2D eigenvalue weighted by molar-refractivity contribution is 0.266. The number of hydrogen-bond donors (Lipinski definition) is 1. The van der Waals surface area contributed by atoms with Crippen LogP contribution in [0.1, 0.15) is 44.2 Å². The molecular weight excluding hydrogens is 250 g/mol. The van der Waals surface area contributed by atoms with Gasteiger partial charge in [0, 0.05) is 16.2 Å². The molecule has 0 spiro atoms. The lowest BCUT2D eigenvalue weighted by Gasteiger charge is -2.36. The summed E-state index contributed by atoms with van der Waals surface area (Å²) in [4.78, 5) is 1.42. The lowest BCUT2D eigenvalue weighted by atomic mass is 9.79. The second kappa shape index (κ2) is 6.32. The van der Waals surface area contributed by atoms with Crippen molar-refractivity contribution in [3.63, 3.8) is 0 Å². The quantitative estimate of drug-likeness (QED) is 0.877. The second-order valence-corrected chi connectivity index (χ2v) is 7.69. The molecule has 0 aromatic heterocycles. The summed E-state index contributed by atoms with van der Waals surface area (Å²) in [6.45, 7) is 9.07. The van der Waals surface area contributed by atoms with E-state index in [1.165, 1.54) is 35.3 Å². The average Bonchev–Trinajstić information content (AvgIpc) is 2.36. The molecular formula is C17H27NS. The molecule has 1 aliphatic rings. The van der Waals surface area contributed by atoms with Gasteiger partial charge in [0.2, 0.25) is 0 Å². The highest BCUT2D eigenvalue weighted by Gasteiger charge is 2.30. The number of nitrogens with two attached hydrogens (primary N) is 1. The zero-order valence-electron chi connectivity index (χ0n) is 12.6. The van der Waals surface area contributed by atoms with E-state index in [9.17, 15) is 0 Å². The molecule has 3 unspecified atom stereocenters. The topological polar surface area (TPSA) is 26.0 Å². The van der Waals surface area contributed by atoms with Crippen LogP contribution in [0.25, 0.3) is 0 Å². The molecule has 106 valence electrons. The van der Waals surface area contributed by atoms with E-state index in [1.54, 1.807) is 0 Å². The van der Waals surface area contributed by atoms with Crippen molar-refractivity contribution in [2.45, 2.75) is 63.1 Å². The monoisotopic (exact) mass is 277 g/mol. The zero-order chi connectivity index (χ0) is 14.0. The lowest BCUT2D eigenvalue weighted by Crippen LogP contribution is -2.39. The number of benzene rings is 1. The molecule has 1 nitrogen and oxygen atoms in total. The van der Waals surface area contributed by atoms with Crippen LogP contribution in [0.2, 0.25) is 0 Å². The Balaban J connectivity index is 2.09. The Morgan fingerprint density at radius 2 is 1.95 bits per heavy atom. The van der Waals surface area contributed by atoms with Crippen LogP contribution in [-0.4, -0.2) is 11.3 Å². The minimum atomic E-state index is 0.361. The summed E-state index contributed by atoms with van der Waals surface area (Å²) >= 11 is 2.01. The molecule has 0 amide bonds. The third-order valence-electron chi connectivity index (χ3n) is 4.45. The van der Waals surface area contributed by atoms with E-state index in [0.29, 0.717) is 11.3 Å². The van der Waals surface area contributed by atoms with E-state index in [-0.39, 0.29) is 0 Å². The number of thioether (sulfide) groups is 1. The van der Waals surface area contributed by atoms with E-state index >= 15 is 0 Å². The summed E-state index contributed by atoms with van der Waals surface area (Å²) in [5.41, 5.74) is 9.09. The fourth-order valence-corrected chi connectivity index (χ4v) is 4.41. The molecule has 2 N–H and O–H groups in total. The SMILES string of the molecule is Cc1ccc(C)c(SC2CC(C(C)C)CCC2N)c1. The van der Waals surface area contributed by atoms with Crippen LogP contribution >= 0.6 is 11.8 Å². The van der Waals surface area contributed by atoms with Crippen LogP contribution in [-0.2, 0) is 0 Å². The van der Waals surface area contributed by atoms with Crippen molar-refractivity contribution < 1.29 is 0 Å². The molecule has 0 saturated heterocycles. The van der Waals surface area contributed by atoms with Gasteiger partial charge in [0.05, 0.1) is 0 Å². The van der Waals surface area contributed by atoms with Crippen molar-refractivity contribution in [1.29, 1.82) is 0 Å². The molecule has 19 heavy (non-hydrogen) atoms. The van der Waals surface area contributed by atoms with Gasteiger partial charge in [-0.25, -0.2) is 0 Å². The molecule has 2 rings (SSSR count). The second-order valence-electron chi connectivity index (χ2n) is 6.41. The van der Waals surface area contributed by atoms with Gasteiger partial charge in [0.15, 0.2) is 0 Å². The summed E-state index contributed by atoms with van der Waals surface area (Å²) in [5.74, 6) is 1.64. The van der Waals surface area contributed by atoms with Gasteiger partial charge in [0.1, 0.15) is 0 Å². The van der Waals surface area contributed by atoms with Gasteiger partial charge >= 0.3 is 0 Å². The Kier molecular flexibility index (Phi) is 4.97. The Bertz CT molecular complexity index is 427.